The molecule has 1 fully saturated rings. The van der Waals surface area contributed by atoms with E-state index in [0.717, 1.165) is 13.0 Å². The van der Waals surface area contributed by atoms with E-state index in [4.69, 9.17) is 5.73 Å². The molecular formula is C14H20N2OS. The van der Waals surface area contributed by atoms with Crippen molar-refractivity contribution in [3.05, 3.63) is 21.9 Å². The highest BCUT2D eigenvalue weighted by Crippen LogP contribution is 2.48. The number of nitrogens with two attached hydrogens (primary N) is 1. The Hall–Kier alpha value is -0.870. The van der Waals surface area contributed by atoms with E-state index in [1.807, 2.05) is 18.3 Å². The Labute approximate surface area is 112 Å². The van der Waals surface area contributed by atoms with Crippen LogP contribution in [-0.2, 0) is 11.2 Å². The summed E-state index contributed by atoms with van der Waals surface area (Å²) in [6.45, 7) is 3.26. The quantitative estimate of drug-likeness (QED) is 0.909. The van der Waals surface area contributed by atoms with Gasteiger partial charge in [-0.25, -0.2) is 0 Å². The largest absolute Gasteiger partial charge is 0.335 e. The van der Waals surface area contributed by atoms with Crippen LogP contribution >= 0.6 is 11.3 Å². The molecule has 4 heteroatoms. The third-order valence-electron chi connectivity index (χ3n) is 4.14. The maximum Gasteiger partial charge on any atom is 0.227 e. The van der Waals surface area contributed by atoms with E-state index >= 15 is 0 Å². The Morgan fingerprint density at radius 2 is 2.39 bits per heavy atom. The fourth-order valence-corrected chi connectivity index (χ4v) is 3.81. The molecule has 1 amide bonds. The fraction of sp³-hybridized carbons (Fsp3) is 0.643. The Kier molecular flexibility index (Phi) is 3.16. The van der Waals surface area contributed by atoms with E-state index in [2.05, 4.69) is 16.3 Å². The molecule has 0 bridgehead atoms. The van der Waals surface area contributed by atoms with E-state index in [-0.39, 0.29) is 11.8 Å². The molecule has 2 N–H and O–H groups in total. The van der Waals surface area contributed by atoms with Crippen LogP contribution in [0.5, 0.6) is 0 Å². The lowest BCUT2D eigenvalue weighted by atomic mass is 9.94. The molecule has 1 aromatic heterocycles. The summed E-state index contributed by atoms with van der Waals surface area (Å²) >= 11 is 1.84. The van der Waals surface area contributed by atoms with E-state index in [9.17, 15) is 4.79 Å². The van der Waals surface area contributed by atoms with Gasteiger partial charge >= 0.3 is 0 Å². The highest BCUT2D eigenvalue weighted by Gasteiger charge is 2.42. The summed E-state index contributed by atoms with van der Waals surface area (Å²) in [4.78, 5) is 16.0. The average Bonchev–Trinajstić information content (AvgIpc) is 3.12. The Bertz CT molecular complexity index is 452. The Balaban J connectivity index is 1.89. The van der Waals surface area contributed by atoms with Gasteiger partial charge in [-0.2, -0.15) is 0 Å². The van der Waals surface area contributed by atoms with Gasteiger partial charge in [0.1, 0.15) is 0 Å². The van der Waals surface area contributed by atoms with Crippen molar-refractivity contribution in [3.8, 4) is 0 Å². The Morgan fingerprint density at radius 3 is 3.06 bits per heavy atom. The SMILES string of the molecule is CC(CN)C(=O)N1CCc2sccc2C1C1CC1. The van der Waals surface area contributed by atoms with Crippen LogP contribution in [0.2, 0.25) is 0 Å². The number of carbonyl (C=O) groups is 1. The molecule has 3 nitrogen and oxygen atoms in total. The minimum Gasteiger partial charge on any atom is -0.335 e. The van der Waals surface area contributed by atoms with Gasteiger partial charge in [0.2, 0.25) is 5.91 Å². The number of thiophene rings is 1. The second-order valence-corrected chi connectivity index (χ2v) is 6.50. The number of amides is 1. The highest BCUT2D eigenvalue weighted by atomic mass is 32.1. The molecule has 3 rings (SSSR count). The van der Waals surface area contributed by atoms with Crippen molar-refractivity contribution in [2.75, 3.05) is 13.1 Å². The topological polar surface area (TPSA) is 46.3 Å². The van der Waals surface area contributed by atoms with Crippen LogP contribution in [0.3, 0.4) is 0 Å². The number of hydrogen-bond acceptors (Lipinski definition) is 3. The fourth-order valence-electron chi connectivity index (χ4n) is 2.90. The average molecular weight is 264 g/mol. The van der Waals surface area contributed by atoms with E-state index in [0.29, 0.717) is 18.5 Å². The van der Waals surface area contributed by atoms with Gasteiger partial charge < -0.3 is 10.6 Å². The predicted octanol–water partition coefficient (Wildman–Crippen LogP) is 2.18. The molecular weight excluding hydrogens is 244 g/mol. The van der Waals surface area contributed by atoms with Gasteiger partial charge in [-0.15, -0.1) is 11.3 Å². The van der Waals surface area contributed by atoms with Crippen molar-refractivity contribution in [1.29, 1.82) is 0 Å². The summed E-state index contributed by atoms with van der Waals surface area (Å²) in [5, 5.41) is 2.17. The number of nitrogens with zero attached hydrogens (tertiary/aromatic N) is 1. The molecule has 2 unspecified atom stereocenters. The summed E-state index contributed by atoms with van der Waals surface area (Å²) in [5.74, 6) is 0.880. The summed E-state index contributed by atoms with van der Waals surface area (Å²) < 4.78 is 0. The van der Waals surface area contributed by atoms with Crippen LogP contribution in [-0.4, -0.2) is 23.9 Å². The summed E-state index contributed by atoms with van der Waals surface area (Å²) in [7, 11) is 0. The van der Waals surface area contributed by atoms with E-state index in [1.165, 1.54) is 23.3 Å². The Morgan fingerprint density at radius 1 is 1.61 bits per heavy atom. The zero-order valence-electron chi connectivity index (χ0n) is 10.8. The molecule has 2 atom stereocenters. The number of fused-ring (bicyclic) bond motifs is 1. The van der Waals surface area contributed by atoms with Crippen LogP contribution < -0.4 is 5.73 Å². The van der Waals surface area contributed by atoms with Gasteiger partial charge in [0, 0.05) is 23.9 Å². The maximum absolute atomic E-state index is 12.5. The highest BCUT2D eigenvalue weighted by molar-refractivity contribution is 7.10. The first-order valence-electron chi connectivity index (χ1n) is 6.79. The van der Waals surface area contributed by atoms with Crippen molar-refractivity contribution in [2.24, 2.45) is 17.6 Å². The summed E-state index contributed by atoms with van der Waals surface area (Å²) in [5.41, 5.74) is 7.05. The van der Waals surface area contributed by atoms with E-state index < -0.39 is 0 Å². The van der Waals surface area contributed by atoms with Gasteiger partial charge in [0.05, 0.1) is 6.04 Å². The summed E-state index contributed by atoms with van der Waals surface area (Å²) in [6.07, 6.45) is 3.54. The molecule has 1 saturated carbocycles. The zero-order valence-corrected chi connectivity index (χ0v) is 11.6. The molecule has 0 radical (unpaired) electrons. The smallest absolute Gasteiger partial charge is 0.227 e. The zero-order chi connectivity index (χ0) is 12.7. The molecule has 0 spiro atoms. The molecule has 1 aliphatic carbocycles. The first-order chi connectivity index (χ1) is 8.72. The minimum atomic E-state index is -0.0496. The molecule has 1 aromatic rings. The van der Waals surface area contributed by atoms with Crippen molar-refractivity contribution >= 4 is 17.2 Å². The van der Waals surface area contributed by atoms with Gasteiger partial charge in [0.15, 0.2) is 0 Å². The van der Waals surface area contributed by atoms with Crippen LogP contribution in [0.15, 0.2) is 11.4 Å². The van der Waals surface area contributed by atoms with Crippen molar-refractivity contribution in [2.45, 2.75) is 32.2 Å². The second-order valence-electron chi connectivity index (χ2n) is 5.50. The lowest BCUT2D eigenvalue weighted by molar-refractivity contribution is -0.138. The van der Waals surface area contributed by atoms with Gasteiger partial charge in [0.25, 0.3) is 0 Å². The molecule has 2 aliphatic rings. The van der Waals surface area contributed by atoms with Crippen molar-refractivity contribution in [3.63, 3.8) is 0 Å². The minimum absolute atomic E-state index is 0.0496. The van der Waals surface area contributed by atoms with Crippen molar-refractivity contribution in [1.82, 2.24) is 4.90 Å². The first-order valence-corrected chi connectivity index (χ1v) is 7.67. The first kappa shape index (κ1) is 12.2. The second kappa shape index (κ2) is 4.67. The third-order valence-corrected chi connectivity index (χ3v) is 5.14. The number of hydrogen-bond donors (Lipinski definition) is 1. The third kappa shape index (κ3) is 1.97. The number of carbonyl (C=O) groups excluding carboxylic acids is 1. The van der Waals surface area contributed by atoms with E-state index in [1.54, 1.807) is 0 Å². The molecule has 0 saturated heterocycles. The van der Waals surface area contributed by atoms with Gasteiger partial charge in [-0.3, -0.25) is 4.79 Å². The molecule has 98 valence electrons. The monoisotopic (exact) mass is 264 g/mol. The van der Waals surface area contributed by atoms with Crippen LogP contribution in [0.1, 0.15) is 36.2 Å². The maximum atomic E-state index is 12.5. The summed E-state index contributed by atoms with van der Waals surface area (Å²) in [6, 6.07) is 2.55. The predicted molar refractivity (Wildman–Crippen MR) is 73.4 cm³/mol. The van der Waals surface area contributed by atoms with Crippen LogP contribution in [0, 0.1) is 11.8 Å². The molecule has 1 aliphatic heterocycles. The molecule has 2 heterocycles. The van der Waals surface area contributed by atoms with Gasteiger partial charge in [-0.05, 0) is 42.2 Å². The van der Waals surface area contributed by atoms with Crippen LogP contribution in [0.25, 0.3) is 0 Å². The standard InChI is InChI=1S/C14H20N2OS/c1-9(8-15)14(17)16-6-4-12-11(5-7-18-12)13(16)10-2-3-10/h5,7,9-10,13H,2-4,6,8,15H2,1H3. The van der Waals surface area contributed by atoms with Gasteiger partial charge in [-0.1, -0.05) is 6.92 Å². The van der Waals surface area contributed by atoms with Crippen molar-refractivity contribution < 1.29 is 4.79 Å². The lowest BCUT2D eigenvalue weighted by Gasteiger charge is -2.37. The lowest BCUT2D eigenvalue weighted by Crippen LogP contribution is -2.44. The van der Waals surface area contributed by atoms with Crippen LogP contribution in [0.4, 0.5) is 0 Å². The number of rotatable bonds is 3. The normalized spacial score (nSPS) is 24.8. The molecule has 18 heavy (non-hydrogen) atoms. The molecule has 0 aromatic carbocycles.